The van der Waals surface area contributed by atoms with Crippen LogP contribution in [0.15, 0.2) is 65.1 Å². The maximum absolute atomic E-state index is 12.7. The van der Waals surface area contributed by atoms with Gasteiger partial charge in [0, 0.05) is 23.7 Å². The van der Waals surface area contributed by atoms with Gasteiger partial charge in [-0.3, -0.25) is 4.79 Å². The van der Waals surface area contributed by atoms with Gasteiger partial charge in [0.2, 0.25) is 11.8 Å². The Hall–Kier alpha value is -3.93. The molecule has 0 aliphatic rings. The number of ether oxygens (including phenoxy) is 1. The molecule has 0 fully saturated rings. The van der Waals surface area contributed by atoms with Crippen molar-refractivity contribution < 1.29 is 13.9 Å². The number of nitrogens with zero attached hydrogens (tertiary/aromatic N) is 2. The lowest BCUT2D eigenvalue weighted by Crippen LogP contribution is -2.11. The molecule has 3 aromatic carbocycles. The summed E-state index contributed by atoms with van der Waals surface area (Å²) in [5, 5.41) is 10.9. The molecule has 4 rings (SSSR count). The first kappa shape index (κ1) is 20.3. The summed E-state index contributed by atoms with van der Waals surface area (Å²) in [4.78, 5) is 12.7. The van der Waals surface area contributed by atoms with Gasteiger partial charge in [-0.15, -0.1) is 10.2 Å². The molecule has 1 amide bonds. The van der Waals surface area contributed by atoms with Gasteiger partial charge in [0.1, 0.15) is 5.75 Å². The highest BCUT2D eigenvalue weighted by Gasteiger charge is 2.12. The Balaban J connectivity index is 1.55. The van der Waals surface area contributed by atoms with Crippen LogP contribution in [0.4, 0.5) is 5.69 Å². The van der Waals surface area contributed by atoms with Gasteiger partial charge in [-0.05, 0) is 78.6 Å². The number of methoxy groups -OCH3 is 1. The Morgan fingerprint density at radius 2 is 1.61 bits per heavy atom. The van der Waals surface area contributed by atoms with Crippen LogP contribution in [-0.2, 0) is 0 Å². The van der Waals surface area contributed by atoms with Crippen LogP contribution in [0.25, 0.3) is 22.6 Å². The molecule has 1 heterocycles. The van der Waals surface area contributed by atoms with Crippen LogP contribution >= 0.6 is 0 Å². The maximum Gasteiger partial charge on any atom is 0.255 e. The Bertz CT molecular complexity index is 1240. The van der Waals surface area contributed by atoms with Crippen molar-refractivity contribution >= 4 is 11.6 Å². The quantitative estimate of drug-likeness (QED) is 0.461. The Morgan fingerprint density at radius 3 is 2.26 bits per heavy atom. The predicted octanol–water partition coefficient (Wildman–Crippen LogP) is 5.59. The Labute approximate surface area is 180 Å². The number of carbonyl (C=O) groups excluding carboxylic acids is 1. The summed E-state index contributed by atoms with van der Waals surface area (Å²) in [6.45, 7) is 5.75. The van der Waals surface area contributed by atoms with Crippen molar-refractivity contribution in [1.82, 2.24) is 10.2 Å². The largest absolute Gasteiger partial charge is 0.496 e. The lowest BCUT2D eigenvalue weighted by Gasteiger charge is -2.11. The van der Waals surface area contributed by atoms with E-state index in [1.165, 1.54) is 0 Å². The number of benzene rings is 3. The van der Waals surface area contributed by atoms with Crippen molar-refractivity contribution in [2.75, 3.05) is 12.4 Å². The van der Waals surface area contributed by atoms with Gasteiger partial charge in [-0.2, -0.15) is 0 Å². The zero-order valence-electron chi connectivity index (χ0n) is 17.9. The lowest BCUT2D eigenvalue weighted by molar-refractivity contribution is 0.102. The predicted molar refractivity (Wildman–Crippen MR) is 120 cm³/mol. The smallest absolute Gasteiger partial charge is 0.255 e. The second-order valence-corrected chi connectivity index (χ2v) is 7.37. The number of rotatable bonds is 5. The fourth-order valence-corrected chi connectivity index (χ4v) is 3.44. The molecule has 0 bridgehead atoms. The van der Waals surface area contributed by atoms with Crippen LogP contribution in [-0.4, -0.2) is 23.2 Å². The van der Waals surface area contributed by atoms with Crippen molar-refractivity contribution in [3.05, 3.63) is 83.2 Å². The highest BCUT2D eigenvalue weighted by atomic mass is 16.5. The van der Waals surface area contributed by atoms with Crippen LogP contribution in [0.5, 0.6) is 5.75 Å². The summed E-state index contributed by atoms with van der Waals surface area (Å²) < 4.78 is 10.8. The number of hydrogen-bond donors (Lipinski definition) is 1. The van der Waals surface area contributed by atoms with E-state index in [0.29, 0.717) is 17.3 Å². The molecule has 0 unspecified atom stereocenters. The van der Waals surface area contributed by atoms with Crippen molar-refractivity contribution in [2.45, 2.75) is 20.8 Å². The van der Waals surface area contributed by atoms with Gasteiger partial charge >= 0.3 is 0 Å². The average molecular weight is 413 g/mol. The molecule has 0 saturated carbocycles. The van der Waals surface area contributed by atoms with Gasteiger partial charge in [0.25, 0.3) is 5.91 Å². The molecule has 0 saturated heterocycles. The fourth-order valence-electron chi connectivity index (χ4n) is 3.44. The highest BCUT2D eigenvalue weighted by Crippen LogP contribution is 2.29. The van der Waals surface area contributed by atoms with Crippen molar-refractivity contribution in [3.63, 3.8) is 0 Å². The molecule has 0 aliphatic heterocycles. The number of aromatic nitrogens is 2. The van der Waals surface area contributed by atoms with E-state index in [1.807, 2.05) is 74.5 Å². The summed E-state index contributed by atoms with van der Waals surface area (Å²) >= 11 is 0. The molecule has 0 spiro atoms. The van der Waals surface area contributed by atoms with Crippen LogP contribution in [0.3, 0.4) is 0 Å². The summed E-state index contributed by atoms with van der Waals surface area (Å²) in [6, 6.07) is 19.1. The zero-order chi connectivity index (χ0) is 22.0. The molecule has 6 heteroatoms. The molecule has 156 valence electrons. The van der Waals surface area contributed by atoms with E-state index in [4.69, 9.17) is 9.15 Å². The topological polar surface area (TPSA) is 77.2 Å². The molecule has 31 heavy (non-hydrogen) atoms. The van der Waals surface area contributed by atoms with Crippen molar-refractivity contribution in [1.29, 1.82) is 0 Å². The van der Waals surface area contributed by atoms with E-state index >= 15 is 0 Å². The van der Waals surface area contributed by atoms with Crippen molar-refractivity contribution in [3.8, 4) is 28.3 Å². The molecule has 0 aliphatic carbocycles. The summed E-state index contributed by atoms with van der Waals surface area (Å²) in [7, 11) is 1.63. The second-order valence-electron chi connectivity index (χ2n) is 7.37. The SMILES string of the molecule is COc1ccc(NC(=O)c2ccc(-c3cc(-c4nnc(C)o4)ccc3C)cc2)cc1C. The van der Waals surface area contributed by atoms with Crippen LogP contribution < -0.4 is 10.1 Å². The van der Waals surface area contributed by atoms with E-state index in [1.54, 1.807) is 14.0 Å². The van der Waals surface area contributed by atoms with E-state index in [9.17, 15) is 4.79 Å². The van der Waals surface area contributed by atoms with E-state index in [2.05, 4.69) is 15.5 Å². The molecule has 6 nitrogen and oxygen atoms in total. The highest BCUT2D eigenvalue weighted by molar-refractivity contribution is 6.04. The number of hydrogen-bond acceptors (Lipinski definition) is 5. The number of carbonyl (C=O) groups is 1. The normalized spacial score (nSPS) is 10.7. The van der Waals surface area contributed by atoms with Gasteiger partial charge in [-0.25, -0.2) is 0 Å². The van der Waals surface area contributed by atoms with Crippen LogP contribution in [0, 0.1) is 20.8 Å². The monoisotopic (exact) mass is 413 g/mol. The molecular formula is C25H23N3O3. The van der Waals surface area contributed by atoms with Gasteiger partial charge in [0.15, 0.2) is 0 Å². The number of amides is 1. The van der Waals surface area contributed by atoms with Crippen molar-refractivity contribution in [2.24, 2.45) is 0 Å². The molecule has 4 aromatic rings. The maximum atomic E-state index is 12.7. The number of aryl methyl sites for hydroxylation is 3. The first-order valence-corrected chi connectivity index (χ1v) is 9.92. The molecule has 0 radical (unpaired) electrons. The minimum atomic E-state index is -0.164. The van der Waals surface area contributed by atoms with E-state index < -0.39 is 0 Å². The minimum absolute atomic E-state index is 0.164. The molecule has 1 aromatic heterocycles. The average Bonchev–Trinajstić information content (AvgIpc) is 3.20. The summed E-state index contributed by atoms with van der Waals surface area (Å²) in [6.07, 6.45) is 0. The number of nitrogens with one attached hydrogen (secondary N) is 1. The molecular weight excluding hydrogens is 390 g/mol. The fraction of sp³-hybridized carbons (Fsp3) is 0.160. The van der Waals surface area contributed by atoms with Crippen LogP contribution in [0.2, 0.25) is 0 Å². The first-order valence-electron chi connectivity index (χ1n) is 9.92. The van der Waals surface area contributed by atoms with E-state index in [-0.39, 0.29) is 5.91 Å². The Morgan fingerprint density at radius 1 is 0.871 bits per heavy atom. The van der Waals surface area contributed by atoms with Crippen LogP contribution in [0.1, 0.15) is 27.4 Å². The minimum Gasteiger partial charge on any atom is -0.496 e. The summed E-state index contributed by atoms with van der Waals surface area (Å²) in [5.74, 6) is 1.64. The standard InChI is InChI=1S/C25H23N3O3/c1-15-5-6-20(25-28-27-17(3)31-25)14-22(15)18-7-9-19(10-8-18)24(29)26-21-11-12-23(30-4)16(2)13-21/h5-14H,1-4H3,(H,26,29). The lowest BCUT2D eigenvalue weighted by atomic mass is 9.97. The third kappa shape index (κ3) is 4.33. The second kappa shape index (κ2) is 8.44. The van der Waals surface area contributed by atoms with Gasteiger partial charge in [-0.1, -0.05) is 18.2 Å². The van der Waals surface area contributed by atoms with Gasteiger partial charge in [0.05, 0.1) is 7.11 Å². The summed E-state index contributed by atoms with van der Waals surface area (Å²) in [5.41, 5.74) is 6.30. The molecule has 0 atom stereocenters. The third-order valence-electron chi connectivity index (χ3n) is 5.12. The number of anilines is 1. The first-order chi connectivity index (χ1) is 14.9. The Kier molecular flexibility index (Phi) is 5.54. The zero-order valence-corrected chi connectivity index (χ0v) is 17.9. The van der Waals surface area contributed by atoms with Gasteiger partial charge < -0.3 is 14.5 Å². The third-order valence-corrected chi connectivity index (χ3v) is 5.12. The van der Waals surface area contributed by atoms with E-state index in [0.717, 1.165) is 39.3 Å². The molecule has 1 N–H and O–H groups in total.